The molecule has 2 amide bonds. The number of hydrogen-bond donors (Lipinski definition) is 1. The van der Waals surface area contributed by atoms with Crippen LogP contribution >= 0.6 is 0 Å². The van der Waals surface area contributed by atoms with Crippen molar-refractivity contribution >= 4 is 17.8 Å². The lowest BCUT2D eigenvalue weighted by atomic mass is 9.88. The number of nitrogens with one attached hydrogen (secondary N) is 1. The van der Waals surface area contributed by atoms with E-state index in [1.165, 1.54) is 0 Å². The summed E-state index contributed by atoms with van der Waals surface area (Å²) in [6.45, 7) is 22.9. The third kappa shape index (κ3) is 10.4. The third-order valence-electron chi connectivity index (χ3n) is 7.95. The first-order valence-electron chi connectivity index (χ1n) is 16.4. The highest BCUT2D eigenvalue weighted by atomic mass is 16.6. The summed E-state index contributed by atoms with van der Waals surface area (Å²) in [7, 11) is 0. The second-order valence-electron chi connectivity index (χ2n) is 15.0. The minimum Gasteiger partial charge on any atom is -0.467 e. The summed E-state index contributed by atoms with van der Waals surface area (Å²) in [5, 5.41) is 3.34. The maximum absolute atomic E-state index is 14.4. The van der Waals surface area contributed by atoms with Gasteiger partial charge in [-0.15, -0.1) is 0 Å². The number of amides is 2. The van der Waals surface area contributed by atoms with Gasteiger partial charge < -0.3 is 29.0 Å². The average molecular weight is 627 g/mol. The predicted molar refractivity (Wildman–Crippen MR) is 174 cm³/mol. The van der Waals surface area contributed by atoms with E-state index in [-0.39, 0.29) is 35.2 Å². The Morgan fingerprint density at radius 3 is 2.44 bits per heavy atom. The van der Waals surface area contributed by atoms with Crippen molar-refractivity contribution in [3.8, 4) is 0 Å². The molecule has 2 saturated heterocycles. The fourth-order valence-electron chi connectivity index (χ4n) is 5.99. The molecule has 4 heterocycles. The van der Waals surface area contributed by atoms with Crippen molar-refractivity contribution in [2.75, 3.05) is 64.3 Å². The highest BCUT2D eigenvalue weighted by Crippen LogP contribution is 2.28. The molecule has 45 heavy (non-hydrogen) atoms. The topological polar surface area (TPSA) is 113 Å². The van der Waals surface area contributed by atoms with Crippen molar-refractivity contribution < 1.29 is 23.5 Å². The van der Waals surface area contributed by atoms with Crippen molar-refractivity contribution in [1.29, 1.82) is 0 Å². The fraction of sp³-hybridized carbons (Fsp3) is 0.706. The summed E-state index contributed by atoms with van der Waals surface area (Å²) in [6.07, 6.45) is 3.91. The van der Waals surface area contributed by atoms with E-state index < -0.39 is 5.60 Å². The SMILES string of the molecule is CC(C)CN(CC1CC(CN2CCOCC2)CN(C(=O)OC(C)(C)C)C1)C(=O)c1cnc(C(C)(C)C)nc1NCc1ccco1. The summed E-state index contributed by atoms with van der Waals surface area (Å²) in [5.74, 6) is 2.39. The van der Waals surface area contributed by atoms with Crippen molar-refractivity contribution in [1.82, 2.24) is 24.7 Å². The fourth-order valence-corrected chi connectivity index (χ4v) is 5.99. The number of rotatable bonds is 10. The van der Waals surface area contributed by atoms with Crippen LogP contribution in [0.2, 0.25) is 0 Å². The van der Waals surface area contributed by atoms with E-state index in [1.807, 2.05) is 42.7 Å². The average Bonchev–Trinajstić information content (AvgIpc) is 3.48. The zero-order valence-electron chi connectivity index (χ0n) is 28.6. The zero-order valence-corrected chi connectivity index (χ0v) is 28.6. The van der Waals surface area contributed by atoms with E-state index in [4.69, 9.17) is 18.9 Å². The Labute approximate surface area is 269 Å². The van der Waals surface area contributed by atoms with Crippen molar-refractivity contribution in [3.63, 3.8) is 0 Å². The summed E-state index contributed by atoms with van der Waals surface area (Å²) in [4.78, 5) is 43.3. The summed E-state index contributed by atoms with van der Waals surface area (Å²) >= 11 is 0. The number of piperidine rings is 1. The van der Waals surface area contributed by atoms with Gasteiger partial charge in [0.1, 0.15) is 28.6 Å². The molecule has 2 aliphatic rings. The van der Waals surface area contributed by atoms with Crippen LogP contribution in [0.5, 0.6) is 0 Å². The number of furan rings is 1. The molecule has 2 fully saturated rings. The van der Waals surface area contributed by atoms with Gasteiger partial charge in [0.15, 0.2) is 0 Å². The second kappa shape index (κ2) is 14.9. The molecule has 250 valence electrons. The maximum atomic E-state index is 14.4. The minimum atomic E-state index is -0.582. The highest BCUT2D eigenvalue weighted by Gasteiger charge is 2.36. The predicted octanol–water partition coefficient (Wildman–Crippen LogP) is 5.28. The zero-order chi connectivity index (χ0) is 32.8. The van der Waals surface area contributed by atoms with Gasteiger partial charge >= 0.3 is 6.09 Å². The Balaban J connectivity index is 1.58. The highest BCUT2D eigenvalue weighted by molar-refractivity contribution is 5.98. The maximum Gasteiger partial charge on any atom is 0.410 e. The lowest BCUT2D eigenvalue weighted by Crippen LogP contribution is -2.52. The Morgan fingerprint density at radius 1 is 1.11 bits per heavy atom. The number of aromatic nitrogens is 2. The van der Waals surface area contributed by atoms with Crippen LogP contribution in [0.15, 0.2) is 29.0 Å². The number of anilines is 1. The van der Waals surface area contributed by atoms with E-state index in [0.29, 0.717) is 49.9 Å². The Bertz CT molecular complexity index is 1250. The Hall–Kier alpha value is -3.18. The van der Waals surface area contributed by atoms with Gasteiger partial charge in [0.05, 0.1) is 26.0 Å². The monoisotopic (exact) mass is 626 g/mol. The quantitative estimate of drug-likeness (QED) is 0.376. The van der Waals surface area contributed by atoms with Gasteiger partial charge in [0, 0.05) is 57.4 Å². The van der Waals surface area contributed by atoms with Crippen LogP contribution in [0.4, 0.5) is 10.6 Å². The molecule has 0 aromatic carbocycles. The lowest BCUT2D eigenvalue weighted by Gasteiger charge is -2.42. The third-order valence-corrected chi connectivity index (χ3v) is 7.95. The molecule has 1 N–H and O–H groups in total. The van der Waals surface area contributed by atoms with E-state index in [1.54, 1.807) is 12.5 Å². The second-order valence-corrected chi connectivity index (χ2v) is 15.0. The van der Waals surface area contributed by atoms with Crippen LogP contribution in [-0.2, 0) is 21.4 Å². The first-order valence-corrected chi connectivity index (χ1v) is 16.4. The van der Waals surface area contributed by atoms with Crippen molar-refractivity contribution in [2.45, 2.75) is 79.4 Å². The van der Waals surface area contributed by atoms with Gasteiger partial charge in [-0.25, -0.2) is 14.8 Å². The van der Waals surface area contributed by atoms with E-state index in [9.17, 15) is 9.59 Å². The first kappa shape index (κ1) is 34.7. The number of likely N-dealkylation sites (tertiary alicyclic amines) is 1. The van der Waals surface area contributed by atoms with E-state index in [0.717, 1.165) is 45.0 Å². The van der Waals surface area contributed by atoms with Crippen LogP contribution in [0.25, 0.3) is 0 Å². The smallest absolute Gasteiger partial charge is 0.410 e. The van der Waals surface area contributed by atoms with E-state index >= 15 is 0 Å². The molecule has 2 aromatic rings. The molecule has 2 aromatic heterocycles. The largest absolute Gasteiger partial charge is 0.467 e. The molecule has 2 aliphatic heterocycles. The summed E-state index contributed by atoms with van der Waals surface area (Å²) in [6, 6.07) is 3.73. The Kier molecular flexibility index (Phi) is 11.5. The molecule has 0 spiro atoms. The van der Waals surface area contributed by atoms with Crippen molar-refractivity contribution in [3.05, 3.63) is 41.7 Å². The lowest BCUT2D eigenvalue weighted by molar-refractivity contribution is -0.00546. The molecule has 0 saturated carbocycles. The van der Waals surface area contributed by atoms with Crippen LogP contribution in [-0.4, -0.2) is 101 Å². The Morgan fingerprint density at radius 2 is 1.82 bits per heavy atom. The summed E-state index contributed by atoms with van der Waals surface area (Å²) in [5.41, 5.74) is -0.440. The van der Waals surface area contributed by atoms with Crippen LogP contribution in [0.1, 0.15) is 83.8 Å². The number of nitrogens with zero attached hydrogens (tertiary/aromatic N) is 5. The molecular formula is C34H54N6O5. The van der Waals surface area contributed by atoms with Gasteiger partial charge in [-0.1, -0.05) is 34.6 Å². The molecule has 0 aliphatic carbocycles. The number of ether oxygens (including phenoxy) is 2. The van der Waals surface area contributed by atoms with Gasteiger partial charge in [0.25, 0.3) is 5.91 Å². The molecule has 0 bridgehead atoms. The number of hydrogen-bond acceptors (Lipinski definition) is 9. The molecule has 2 atom stereocenters. The standard InChI is InChI=1S/C34H54N6O5/c1-24(2)19-39(30(41)28-18-36-31(33(3,4)5)37-29(28)35-17-27-10-9-13-44-27)21-26-16-25(20-38-11-14-43-15-12-38)22-40(23-26)32(42)45-34(6,7)8/h9-10,13,18,24-26H,11-12,14-17,19-23H2,1-8H3,(H,35,36,37). The van der Waals surface area contributed by atoms with Crippen LogP contribution in [0.3, 0.4) is 0 Å². The number of carbonyl (C=O) groups is 2. The van der Waals surface area contributed by atoms with Gasteiger partial charge in [-0.2, -0.15) is 0 Å². The molecular weight excluding hydrogens is 572 g/mol. The normalized spacial score (nSPS) is 19.9. The minimum absolute atomic E-state index is 0.0919. The number of carbonyl (C=O) groups excluding carboxylic acids is 2. The van der Waals surface area contributed by atoms with Crippen LogP contribution in [0, 0.1) is 17.8 Å². The number of morpholine rings is 1. The van der Waals surface area contributed by atoms with E-state index in [2.05, 4.69) is 49.8 Å². The molecule has 2 unspecified atom stereocenters. The molecule has 0 radical (unpaired) electrons. The van der Waals surface area contributed by atoms with Gasteiger partial charge in [0.2, 0.25) is 0 Å². The molecule has 11 heteroatoms. The molecule has 4 rings (SSSR count). The first-order chi connectivity index (χ1) is 21.2. The van der Waals surface area contributed by atoms with Gasteiger partial charge in [-0.3, -0.25) is 9.69 Å². The van der Waals surface area contributed by atoms with Gasteiger partial charge in [-0.05, 0) is 57.1 Å². The van der Waals surface area contributed by atoms with Crippen molar-refractivity contribution in [2.24, 2.45) is 17.8 Å². The van der Waals surface area contributed by atoms with Crippen LogP contribution < -0.4 is 5.32 Å². The molecule has 11 nitrogen and oxygen atoms in total. The summed E-state index contributed by atoms with van der Waals surface area (Å²) < 4.78 is 16.9.